The molecule has 1 aromatic rings. The lowest BCUT2D eigenvalue weighted by Crippen LogP contribution is -2.43. The van der Waals surface area contributed by atoms with E-state index >= 15 is 0 Å². The third kappa shape index (κ3) is 4.13. The summed E-state index contributed by atoms with van der Waals surface area (Å²) in [4.78, 5) is 23.1. The minimum atomic E-state index is -0.919. The zero-order chi connectivity index (χ0) is 15.2. The number of amides is 2. The highest BCUT2D eigenvalue weighted by atomic mass is 35.5. The summed E-state index contributed by atoms with van der Waals surface area (Å²) in [5.74, 6) is -0.894. The van der Waals surface area contributed by atoms with Crippen molar-refractivity contribution in [3.8, 4) is 0 Å². The van der Waals surface area contributed by atoms with Crippen LogP contribution in [0.3, 0.4) is 0 Å². The van der Waals surface area contributed by atoms with Crippen molar-refractivity contribution in [3.05, 3.63) is 29.3 Å². The number of halogens is 1. The number of aliphatic carboxylic acids is 1. The zero-order valence-corrected chi connectivity index (χ0v) is 12.3. The Balaban J connectivity index is 2.58. The number of carbonyl (C=O) groups is 2. The van der Waals surface area contributed by atoms with Crippen molar-refractivity contribution >= 4 is 29.3 Å². The van der Waals surface area contributed by atoms with Gasteiger partial charge in [0.15, 0.2) is 0 Å². The number of benzene rings is 1. The van der Waals surface area contributed by atoms with E-state index in [9.17, 15) is 14.7 Å². The predicted octanol–water partition coefficient (Wildman–Crippen LogP) is 3.35. The fourth-order valence-corrected chi connectivity index (χ4v) is 1.96. The number of hydrogen-bond acceptors (Lipinski definition) is 2. The second kappa shape index (κ2) is 7.14. The van der Waals surface area contributed by atoms with Gasteiger partial charge in [0.25, 0.3) is 0 Å². The number of carboxylic acids is 1. The average molecular weight is 299 g/mol. The zero-order valence-electron chi connectivity index (χ0n) is 11.6. The molecule has 0 radical (unpaired) electrons. The van der Waals surface area contributed by atoms with Gasteiger partial charge in [-0.1, -0.05) is 25.4 Å². The summed E-state index contributed by atoms with van der Waals surface area (Å²) < 4.78 is 0. The maximum absolute atomic E-state index is 11.8. The van der Waals surface area contributed by atoms with Gasteiger partial charge in [0, 0.05) is 17.3 Å². The van der Waals surface area contributed by atoms with Gasteiger partial charge in [-0.3, -0.25) is 4.79 Å². The molecule has 0 aliphatic heterocycles. The number of carboxylic acid groups (broad SMARTS) is 1. The molecular weight excluding hydrogens is 280 g/mol. The van der Waals surface area contributed by atoms with E-state index in [2.05, 4.69) is 10.6 Å². The van der Waals surface area contributed by atoms with Crippen LogP contribution < -0.4 is 10.6 Å². The second-order valence-electron chi connectivity index (χ2n) is 4.61. The Morgan fingerprint density at radius 2 is 1.75 bits per heavy atom. The molecule has 110 valence electrons. The maximum Gasteiger partial charge on any atom is 0.319 e. The van der Waals surface area contributed by atoms with Crippen LogP contribution in [-0.2, 0) is 4.79 Å². The Morgan fingerprint density at radius 3 is 2.20 bits per heavy atom. The second-order valence-corrected chi connectivity index (χ2v) is 5.04. The molecular formula is C14H19ClN2O3. The van der Waals surface area contributed by atoms with Crippen LogP contribution >= 0.6 is 11.6 Å². The van der Waals surface area contributed by atoms with Gasteiger partial charge in [-0.25, -0.2) is 4.79 Å². The molecule has 0 aromatic heterocycles. The van der Waals surface area contributed by atoms with Crippen molar-refractivity contribution in [2.24, 2.45) is 5.41 Å². The topological polar surface area (TPSA) is 78.4 Å². The van der Waals surface area contributed by atoms with E-state index in [0.29, 0.717) is 23.6 Å². The molecule has 0 heterocycles. The first-order valence-corrected chi connectivity index (χ1v) is 6.85. The lowest BCUT2D eigenvalue weighted by molar-refractivity contribution is -0.149. The van der Waals surface area contributed by atoms with Crippen molar-refractivity contribution in [2.45, 2.75) is 26.7 Å². The Hall–Kier alpha value is -1.75. The lowest BCUT2D eigenvalue weighted by atomic mass is 9.82. The van der Waals surface area contributed by atoms with Crippen molar-refractivity contribution in [2.75, 3.05) is 11.9 Å². The number of rotatable bonds is 6. The molecule has 20 heavy (non-hydrogen) atoms. The fourth-order valence-electron chi connectivity index (χ4n) is 1.84. The standard InChI is InChI=1S/C14H19ClN2O3/c1-3-14(4-2,12(18)19)9-16-13(20)17-11-7-5-10(15)6-8-11/h5-8H,3-4,9H2,1-2H3,(H,18,19)(H2,16,17,20). The molecule has 0 unspecified atom stereocenters. The SMILES string of the molecule is CCC(CC)(CNC(=O)Nc1ccc(Cl)cc1)C(=O)O. The van der Waals surface area contributed by atoms with Crippen LogP contribution in [0.4, 0.5) is 10.5 Å². The highest BCUT2D eigenvalue weighted by Crippen LogP contribution is 2.25. The summed E-state index contributed by atoms with van der Waals surface area (Å²) in [5.41, 5.74) is -0.321. The van der Waals surface area contributed by atoms with E-state index in [0.717, 1.165) is 0 Å². The van der Waals surface area contributed by atoms with Crippen molar-refractivity contribution in [1.29, 1.82) is 0 Å². The van der Waals surface area contributed by atoms with E-state index < -0.39 is 17.4 Å². The van der Waals surface area contributed by atoms with Crippen LogP contribution in [0.25, 0.3) is 0 Å². The molecule has 2 amide bonds. The molecule has 0 atom stereocenters. The van der Waals surface area contributed by atoms with Gasteiger partial charge >= 0.3 is 12.0 Å². The normalized spacial score (nSPS) is 10.9. The molecule has 0 aliphatic rings. The Morgan fingerprint density at radius 1 is 1.20 bits per heavy atom. The molecule has 3 N–H and O–H groups in total. The summed E-state index contributed by atoms with van der Waals surface area (Å²) in [5, 5.41) is 15.1. The van der Waals surface area contributed by atoms with Crippen LogP contribution in [0.5, 0.6) is 0 Å². The summed E-state index contributed by atoms with van der Waals surface area (Å²) in [7, 11) is 0. The van der Waals surface area contributed by atoms with Crippen molar-refractivity contribution in [3.63, 3.8) is 0 Å². The van der Waals surface area contributed by atoms with E-state index in [-0.39, 0.29) is 6.54 Å². The van der Waals surface area contributed by atoms with Gasteiger partial charge in [-0.15, -0.1) is 0 Å². The van der Waals surface area contributed by atoms with E-state index in [1.165, 1.54) is 0 Å². The van der Waals surface area contributed by atoms with E-state index in [1.807, 2.05) is 0 Å². The summed E-state index contributed by atoms with van der Waals surface area (Å²) in [6.45, 7) is 3.70. The monoisotopic (exact) mass is 298 g/mol. The quantitative estimate of drug-likeness (QED) is 0.753. The van der Waals surface area contributed by atoms with Gasteiger partial charge < -0.3 is 15.7 Å². The van der Waals surface area contributed by atoms with Crippen LogP contribution in [0.1, 0.15) is 26.7 Å². The minimum absolute atomic E-state index is 0.0920. The predicted molar refractivity (Wildman–Crippen MR) is 79.1 cm³/mol. The Kier molecular flexibility index (Phi) is 5.82. The number of nitrogens with one attached hydrogen (secondary N) is 2. The van der Waals surface area contributed by atoms with Crippen molar-refractivity contribution < 1.29 is 14.7 Å². The molecule has 6 heteroatoms. The van der Waals surface area contributed by atoms with Crippen LogP contribution in [0.2, 0.25) is 5.02 Å². The molecule has 0 spiro atoms. The third-order valence-electron chi connectivity index (χ3n) is 3.50. The lowest BCUT2D eigenvalue weighted by Gasteiger charge is -2.26. The first-order valence-electron chi connectivity index (χ1n) is 6.47. The first kappa shape index (κ1) is 16.3. The van der Waals surface area contributed by atoms with Crippen LogP contribution in [0.15, 0.2) is 24.3 Å². The smallest absolute Gasteiger partial charge is 0.319 e. The minimum Gasteiger partial charge on any atom is -0.481 e. The van der Waals surface area contributed by atoms with Crippen LogP contribution in [-0.4, -0.2) is 23.7 Å². The third-order valence-corrected chi connectivity index (χ3v) is 3.75. The summed E-state index contributed by atoms with van der Waals surface area (Å²) in [6.07, 6.45) is 0.917. The largest absolute Gasteiger partial charge is 0.481 e. The number of anilines is 1. The van der Waals surface area contributed by atoms with Crippen LogP contribution in [0, 0.1) is 5.41 Å². The molecule has 0 aliphatic carbocycles. The first-order chi connectivity index (χ1) is 9.43. The van der Waals surface area contributed by atoms with Gasteiger partial charge in [-0.05, 0) is 37.1 Å². The summed E-state index contributed by atoms with van der Waals surface area (Å²) in [6, 6.07) is 6.24. The molecule has 5 nitrogen and oxygen atoms in total. The Bertz CT molecular complexity index is 470. The Labute approximate surface area is 123 Å². The van der Waals surface area contributed by atoms with Crippen molar-refractivity contribution in [1.82, 2.24) is 5.32 Å². The maximum atomic E-state index is 11.8. The van der Waals surface area contributed by atoms with E-state index in [1.54, 1.807) is 38.1 Å². The molecule has 1 rings (SSSR count). The summed E-state index contributed by atoms with van der Waals surface area (Å²) >= 11 is 5.75. The molecule has 1 aromatic carbocycles. The molecule has 0 saturated carbocycles. The van der Waals surface area contributed by atoms with Gasteiger partial charge in [0.1, 0.15) is 0 Å². The molecule has 0 fully saturated rings. The fraction of sp³-hybridized carbons (Fsp3) is 0.429. The van der Waals surface area contributed by atoms with E-state index in [4.69, 9.17) is 11.6 Å². The number of carbonyl (C=O) groups excluding carboxylic acids is 1. The highest BCUT2D eigenvalue weighted by molar-refractivity contribution is 6.30. The van der Waals surface area contributed by atoms with Gasteiger partial charge in [-0.2, -0.15) is 0 Å². The average Bonchev–Trinajstić information content (AvgIpc) is 2.43. The highest BCUT2D eigenvalue weighted by Gasteiger charge is 2.35. The van der Waals surface area contributed by atoms with Gasteiger partial charge in [0.2, 0.25) is 0 Å². The number of hydrogen-bond donors (Lipinski definition) is 3. The van der Waals surface area contributed by atoms with Gasteiger partial charge in [0.05, 0.1) is 5.41 Å². The molecule has 0 bridgehead atoms. The molecule has 0 saturated heterocycles. The number of urea groups is 1.